The van der Waals surface area contributed by atoms with E-state index >= 15 is 0 Å². The van der Waals surface area contributed by atoms with Crippen LogP contribution in [0.3, 0.4) is 0 Å². The Bertz CT molecular complexity index is 571. The number of carbonyl (C=O) groups excluding carboxylic acids is 2. The molecule has 1 aliphatic heterocycles. The highest BCUT2D eigenvalue weighted by Gasteiger charge is 2.31. The lowest BCUT2D eigenvalue weighted by Crippen LogP contribution is -2.51. The van der Waals surface area contributed by atoms with Crippen molar-refractivity contribution in [2.75, 3.05) is 19.7 Å². The molecule has 0 saturated carbocycles. The summed E-state index contributed by atoms with van der Waals surface area (Å²) in [5, 5.41) is 0. The maximum absolute atomic E-state index is 13.1. The molecule has 2 heterocycles. The zero-order valence-electron chi connectivity index (χ0n) is 16.5. The van der Waals surface area contributed by atoms with E-state index in [0.29, 0.717) is 19.5 Å². The first-order chi connectivity index (χ1) is 12.3. The number of ether oxygens (including phenoxy) is 1. The molecule has 1 aliphatic rings. The molecule has 1 aromatic rings. The van der Waals surface area contributed by atoms with Crippen molar-refractivity contribution in [3.63, 3.8) is 0 Å². The van der Waals surface area contributed by atoms with E-state index in [9.17, 15) is 9.59 Å². The van der Waals surface area contributed by atoms with Crippen molar-refractivity contribution >= 4 is 11.8 Å². The van der Waals surface area contributed by atoms with Gasteiger partial charge in [-0.1, -0.05) is 6.92 Å². The van der Waals surface area contributed by atoms with Crippen LogP contribution < -0.4 is 0 Å². The van der Waals surface area contributed by atoms with Gasteiger partial charge in [0.05, 0.1) is 18.9 Å². The molecule has 0 N–H and O–H groups in total. The highest BCUT2D eigenvalue weighted by atomic mass is 16.5. The molecule has 1 saturated heterocycles. The molecule has 0 aromatic carbocycles. The van der Waals surface area contributed by atoms with E-state index in [2.05, 4.69) is 0 Å². The molecule has 6 nitrogen and oxygen atoms in total. The maximum Gasteiger partial charge on any atom is 0.242 e. The fourth-order valence-corrected chi connectivity index (χ4v) is 3.16. The minimum atomic E-state index is -0.401. The molecular weight excluding hydrogens is 332 g/mol. The molecule has 1 aromatic heterocycles. The Balaban J connectivity index is 2.10. The monoisotopic (exact) mass is 364 g/mol. The third kappa shape index (κ3) is 5.87. The maximum atomic E-state index is 13.1. The number of rotatable bonds is 8. The van der Waals surface area contributed by atoms with E-state index < -0.39 is 5.54 Å². The largest absolute Gasteiger partial charge is 0.467 e. The number of hydrogen-bond acceptors (Lipinski definition) is 4. The molecule has 1 fully saturated rings. The molecule has 0 radical (unpaired) electrons. The summed E-state index contributed by atoms with van der Waals surface area (Å²) in [6, 6.07) is 3.68. The van der Waals surface area contributed by atoms with Gasteiger partial charge in [-0.05, 0) is 52.2 Å². The molecule has 6 heteroatoms. The van der Waals surface area contributed by atoms with E-state index in [1.54, 1.807) is 16.1 Å². The first kappa shape index (κ1) is 20.5. The molecule has 0 bridgehead atoms. The fraction of sp³-hybridized carbons (Fsp3) is 0.700. The van der Waals surface area contributed by atoms with Gasteiger partial charge in [0.25, 0.3) is 0 Å². The Labute approximate surface area is 156 Å². The number of amides is 2. The Hall–Kier alpha value is -1.82. The smallest absolute Gasteiger partial charge is 0.242 e. The Morgan fingerprint density at radius 2 is 2.04 bits per heavy atom. The van der Waals surface area contributed by atoms with Gasteiger partial charge in [0.2, 0.25) is 11.8 Å². The van der Waals surface area contributed by atoms with Gasteiger partial charge in [-0.25, -0.2) is 0 Å². The zero-order valence-corrected chi connectivity index (χ0v) is 16.5. The Morgan fingerprint density at radius 3 is 2.58 bits per heavy atom. The number of carbonyl (C=O) groups is 2. The second kappa shape index (κ2) is 9.21. The van der Waals surface area contributed by atoms with Gasteiger partial charge >= 0.3 is 0 Å². The average Bonchev–Trinajstić information content (AvgIpc) is 3.24. The number of nitrogens with zero attached hydrogens (tertiary/aromatic N) is 2. The minimum Gasteiger partial charge on any atom is -0.467 e. The molecule has 26 heavy (non-hydrogen) atoms. The van der Waals surface area contributed by atoms with E-state index in [-0.39, 0.29) is 24.5 Å². The van der Waals surface area contributed by atoms with Crippen molar-refractivity contribution in [1.29, 1.82) is 0 Å². The summed E-state index contributed by atoms with van der Waals surface area (Å²) in [5.74, 6) is 0.679. The summed E-state index contributed by atoms with van der Waals surface area (Å²) in [6.45, 7) is 9.61. The van der Waals surface area contributed by atoms with Crippen LogP contribution in [0.15, 0.2) is 22.8 Å². The van der Waals surface area contributed by atoms with Crippen molar-refractivity contribution in [2.45, 2.75) is 71.6 Å². The predicted molar refractivity (Wildman–Crippen MR) is 99.5 cm³/mol. The van der Waals surface area contributed by atoms with Gasteiger partial charge in [0, 0.05) is 25.1 Å². The van der Waals surface area contributed by atoms with Gasteiger partial charge in [0.1, 0.15) is 12.3 Å². The first-order valence-corrected chi connectivity index (χ1v) is 9.53. The number of hydrogen-bond donors (Lipinski definition) is 0. The van der Waals surface area contributed by atoms with Crippen LogP contribution in [-0.4, -0.2) is 53.0 Å². The van der Waals surface area contributed by atoms with Crippen molar-refractivity contribution in [3.05, 3.63) is 24.2 Å². The second-order valence-electron chi connectivity index (χ2n) is 7.89. The van der Waals surface area contributed by atoms with Crippen molar-refractivity contribution in [1.82, 2.24) is 9.80 Å². The fourth-order valence-electron chi connectivity index (χ4n) is 3.16. The van der Waals surface area contributed by atoms with E-state index in [0.717, 1.165) is 31.6 Å². The molecule has 146 valence electrons. The lowest BCUT2D eigenvalue weighted by Gasteiger charge is -2.37. The molecule has 1 atom stereocenters. The van der Waals surface area contributed by atoms with Crippen LogP contribution in [0.2, 0.25) is 0 Å². The highest BCUT2D eigenvalue weighted by Crippen LogP contribution is 2.19. The normalized spacial score (nSPS) is 17.3. The van der Waals surface area contributed by atoms with Crippen LogP contribution in [0.25, 0.3) is 0 Å². The quantitative estimate of drug-likeness (QED) is 0.710. The summed E-state index contributed by atoms with van der Waals surface area (Å²) < 4.78 is 11.1. The van der Waals surface area contributed by atoms with Crippen LogP contribution in [0, 0.1) is 0 Å². The second-order valence-corrected chi connectivity index (χ2v) is 7.89. The van der Waals surface area contributed by atoms with Crippen LogP contribution in [0.5, 0.6) is 0 Å². The molecular formula is C20H32N2O4. The van der Waals surface area contributed by atoms with Gasteiger partial charge in [-0.2, -0.15) is 0 Å². The van der Waals surface area contributed by atoms with Gasteiger partial charge in [-0.15, -0.1) is 0 Å². The molecule has 0 unspecified atom stereocenters. The average molecular weight is 364 g/mol. The van der Waals surface area contributed by atoms with Crippen molar-refractivity contribution in [2.24, 2.45) is 0 Å². The molecule has 0 aliphatic carbocycles. The minimum absolute atomic E-state index is 0.0171. The van der Waals surface area contributed by atoms with Crippen LogP contribution in [0.4, 0.5) is 0 Å². The van der Waals surface area contributed by atoms with Gasteiger partial charge in [-0.3, -0.25) is 9.59 Å². The third-order valence-corrected chi connectivity index (χ3v) is 4.60. The Morgan fingerprint density at radius 1 is 1.27 bits per heavy atom. The topological polar surface area (TPSA) is 63.0 Å². The summed E-state index contributed by atoms with van der Waals surface area (Å²) >= 11 is 0. The highest BCUT2D eigenvalue weighted by molar-refractivity contribution is 5.85. The zero-order chi connectivity index (χ0) is 19.2. The third-order valence-electron chi connectivity index (χ3n) is 4.60. The first-order valence-electron chi connectivity index (χ1n) is 9.53. The molecule has 2 rings (SSSR count). The lowest BCUT2D eigenvalue weighted by molar-refractivity contribution is -0.146. The molecule has 0 spiro atoms. The van der Waals surface area contributed by atoms with Crippen molar-refractivity contribution in [3.8, 4) is 0 Å². The predicted octanol–water partition coefficient (Wildman–Crippen LogP) is 3.21. The van der Waals surface area contributed by atoms with Gasteiger partial charge < -0.3 is 19.0 Å². The van der Waals surface area contributed by atoms with Crippen LogP contribution >= 0.6 is 0 Å². The van der Waals surface area contributed by atoms with E-state index in [1.807, 2.05) is 39.8 Å². The Kier molecular flexibility index (Phi) is 7.26. The standard InChI is InChI=1S/C20H32N2O4/c1-5-8-18(23)22(20(2,3)4)15-19(24)21(13-16-9-6-11-25-16)14-17-10-7-12-26-17/h6,9,11,17H,5,7-8,10,12-15H2,1-4H3/t17-/m1/s1. The van der Waals surface area contributed by atoms with Crippen LogP contribution in [0.1, 0.15) is 59.1 Å². The summed E-state index contributed by atoms with van der Waals surface area (Å²) in [4.78, 5) is 29.0. The van der Waals surface area contributed by atoms with E-state index in [1.165, 1.54) is 0 Å². The summed E-state index contributed by atoms with van der Waals surface area (Å²) in [7, 11) is 0. The van der Waals surface area contributed by atoms with Gasteiger partial charge in [0.15, 0.2) is 0 Å². The SMILES string of the molecule is CCCC(=O)N(CC(=O)N(Cc1ccco1)C[C@H]1CCCO1)C(C)(C)C. The van der Waals surface area contributed by atoms with Crippen molar-refractivity contribution < 1.29 is 18.7 Å². The number of furan rings is 1. The summed E-state index contributed by atoms with van der Waals surface area (Å²) in [5.41, 5.74) is -0.401. The lowest BCUT2D eigenvalue weighted by atomic mass is 10.0. The van der Waals surface area contributed by atoms with E-state index in [4.69, 9.17) is 9.15 Å². The molecule has 2 amide bonds. The van der Waals surface area contributed by atoms with Crippen LogP contribution in [-0.2, 0) is 20.9 Å². The summed E-state index contributed by atoms with van der Waals surface area (Å²) in [6.07, 6.45) is 4.87.